The molecule has 0 bridgehead atoms. The number of hydrogen-bond acceptors (Lipinski definition) is 1. The maximum atomic E-state index is 12.1. The van der Waals surface area contributed by atoms with Crippen LogP contribution in [-0.4, -0.2) is 29.7 Å². The fourth-order valence-electron chi connectivity index (χ4n) is 2.06. The van der Waals surface area contributed by atoms with Crippen LogP contribution in [0.4, 0.5) is 13.2 Å². The van der Waals surface area contributed by atoms with Crippen molar-refractivity contribution in [3.8, 4) is 0 Å². The van der Waals surface area contributed by atoms with Crippen molar-refractivity contribution in [2.45, 2.75) is 51.4 Å². The van der Waals surface area contributed by atoms with Crippen LogP contribution in [0.3, 0.4) is 0 Å². The highest BCUT2D eigenvalue weighted by Gasteiger charge is 2.38. The molecule has 0 spiro atoms. The van der Waals surface area contributed by atoms with E-state index in [1.165, 1.54) is 0 Å². The van der Waals surface area contributed by atoms with E-state index in [0.29, 0.717) is 0 Å². The van der Waals surface area contributed by atoms with E-state index in [1.54, 1.807) is 4.90 Å². The summed E-state index contributed by atoms with van der Waals surface area (Å²) < 4.78 is 36.4. The third-order valence-electron chi connectivity index (χ3n) is 2.79. The van der Waals surface area contributed by atoms with E-state index in [0.717, 1.165) is 19.3 Å². The molecule has 1 rings (SSSR count). The molecule has 78 valence electrons. The Morgan fingerprint density at radius 1 is 1.31 bits per heavy atom. The summed E-state index contributed by atoms with van der Waals surface area (Å²) in [6.07, 6.45) is -1.42. The van der Waals surface area contributed by atoms with Crippen molar-refractivity contribution >= 4 is 0 Å². The van der Waals surface area contributed by atoms with E-state index in [1.807, 2.05) is 13.8 Å². The molecule has 0 radical (unpaired) electrons. The Morgan fingerprint density at radius 3 is 2.38 bits per heavy atom. The molecular weight excluding hydrogens is 179 g/mol. The molecule has 0 aromatic heterocycles. The monoisotopic (exact) mass is 195 g/mol. The molecule has 0 aromatic rings. The van der Waals surface area contributed by atoms with E-state index >= 15 is 0 Å². The molecule has 1 heterocycles. The lowest BCUT2D eigenvalue weighted by atomic mass is 10.1. The average Bonchev–Trinajstić information content (AvgIpc) is 2.30. The zero-order valence-electron chi connectivity index (χ0n) is 8.06. The molecule has 1 saturated heterocycles. The Morgan fingerprint density at radius 2 is 1.92 bits per heavy atom. The lowest BCUT2D eigenvalue weighted by Crippen LogP contribution is -2.41. The summed E-state index contributed by atoms with van der Waals surface area (Å²) in [7, 11) is 0. The third kappa shape index (κ3) is 2.86. The Kier molecular flexibility index (Phi) is 3.22. The molecule has 0 aliphatic carbocycles. The van der Waals surface area contributed by atoms with Crippen LogP contribution >= 0.6 is 0 Å². The van der Waals surface area contributed by atoms with Crippen molar-refractivity contribution in [2.75, 3.05) is 6.54 Å². The van der Waals surface area contributed by atoms with Gasteiger partial charge in [-0.05, 0) is 26.2 Å². The molecule has 0 aromatic carbocycles. The fraction of sp³-hybridized carbons (Fsp3) is 1.00. The van der Waals surface area contributed by atoms with E-state index in [2.05, 4.69) is 0 Å². The highest BCUT2D eigenvalue weighted by Crippen LogP contribution is 2.29. The second-order valence-corrected chi connectivity index (χ2v) is 3.78. The molecule has 1 fully saturated rings. The first-order valence-electron chi connectivity index (χ1n) is 4.76. The molecule has 1 nitrogen and oxygen atoms in total. The molecule has 0 N–H and O–H groups in total. The Bertz CT molecular complexity index is 167. The molecule has 2 atom stereocenters. The molecular formula is C9H16F3N. The van der Waals surface area contributed by atoms with Crippen molar-refractivity contribution in [1.29, 1.82) is 0 Å². The van der Waals surface area contributed by atoms with Crippen LogP contribution in [-0.2, 0) is 0 Å². The Labute approximate surface area is 76.9 Å². The van der Waals surface area contributed by atoms with Gasteiger partial charge in [-0.1, -0.05) is 6.92 Å². The van der Waals surface area contributed by atoms with E-state index < -0.39 is 12.7 Å². The zero-order valence-corrected chi connectivity index (χ0v) is 8.06. The van der Waals surface area contributed by atoms with Gasteiger partial charge in [-0.15, -0.1) is 0 Å². The standard InChI is InChI=1S/C9H16F3N/c1-3-8-5-4-7(2)13(8)6-9(10,11)12/h7-8H,3-6H2,1-2H3. The number of halogens is 3. The van der Waals surface area contributed by atoms with Crippen molar-refractivity contribution in [2.24, 2.45) is 0 Å². The van der Waals surface area contributed by atoms with E-state index in [9.17, 15) is 13.2 Å². The maximum absolute atomic E-state index is 12.1. The van der Waals surface area contributed by atoms with Crippen molar-refractivity contribution in [3.63, 3.8) is 0 Å². The fourth-order valence-corrected chi connectivity index (χ4v) is 2.06. The second kappa shape index (κ2) is 3.86. The summed E-state index contributed by atoms with van der Waals surface area (Å²) in [5, 5.41) is 0. The van der Waals surface area contributed by atoms with Crippen LogP contribution in [0.25, 0.3) is 0 Å². The molecule has 1 aliphatic rings. The minimum Gasteiger partial charge on any atom is -0.289 e. The first kappa shape index (κ1) is 10.8. The van der Waals surface area contributed by atoms with Crippen LogP contribution in [0, 0.1) is 0 Å². The summed E-state index contributed by atoms with van der Waals surface area (Å²) in [5.41, 5.74) is 0. The van der Waals surface area contributed by atoms with Crippen LogP contribution in [0.5, 0.6) is 0 Å². The first-order chi connectivity index (χ1) is 5.94. The van der Waals surface area contributed by atoms with Gasteiger partial charge in [0.2, 0.25) is 0 Å². The summed E-state index contributed by atoms with van der Waals surface area (Å²) in [5.74, 6) is 0. The van der Waals surface area contributed by atoms with Crippen molar-refractivity contribution < 1.29 is 13.2 Å². The van der Waals surface area contributed by atoms with Gasteiger partial charge in [0.05, 0.1) is 6.54 Å². The molecule has 0 saturated carbocycles. The Hall–Kier alpha value is -0.250. The second-order valence-electron chi connectivity index (χ2n) is 3.78. The van der Waals surface area contributed by atoms with Gasteiger partial charge in [0.15, 0.2) is 0 Å². The summed E-state index contributed by atoms with van der Waals surface area (Å²) in [4.78, 5) is 1.58. The number of alkyl halides is 3. The van der Waals surface area contributed by atoms with E-state index in [4.69, 9.17) is 0 Å². The minimum absolute atomic E-state index is 0.0894. The number of likely N-dealkylation sites (tertiary alicyclic amines) is 1. The van der Waals surface area contributed by atoms with Crippen LogP contribution in [0.1, 0.15) is 33.1 Å². The molecule has 4 heteroatoms. The number of nitrogens with zero attached hydrogens (tertiary/aromatic N) is 1. The lowest BCUT2D eigenvalue weighted by molar-refractivity contribution is -0.151. The van der Waals surface area contributed by atoms with Crippen molar-refractivity contribution in [1.82, 2.24) is 4.90 Å². The topological polar surface area (TPSA) is 3.24 Å². The third-order valence-corrected chi connectivity index (χ3v) is 2.79. The summed E-state index contributed by atoms with van der Waals surface area (Å²) >= 11 is 0. The highest BCUT2D eigenvalue weighted by atomic mass is 19.4. The van der Waals surface area contributed by atoms with Gasteiger partial charge in [-0.25, -0.2) is 0 Å². The van der Waals surface area contributed by atoms with Crippen LogP contribution < -0.4 is 0 Å². The smallest absolute Gasteiger partial charge is 0.289 e. The molecule has 1 aliphatic heterocycles. The zero-order chi connectivity index (χ0) is 10.1. The van der Waals surface area contributed by atoms with Gasteiger partial charge >= 0.3 is 6.18 Å². The van der Waals surface area contributed by atoms with Crippen LogP contribution in [0.2, 0.25) is 0 Å². The van der Waals surface area contributed by atoms with Gasteiger partial charge in [0.1, 0.15) is 0 Å². The summed E-state index contributed by atoms with van der Waals surface area (Å²) in [6, 6.07) is 0.225. The summed E-state index contributed by atoms with van der Waals surface area (Å²) in [6.45, 7) is 3.08. The normalized spacial score (nSPS) is 31.2. The average molecular weight is 195 g/mol. The predicted molar refractivity (Wildman–Crippen MR) is 45.5 cm³/mol. The minimum atomic E-state index is -4.05. The van der Waals surface area contributed by atoms with E-state index in [-0.39, 0.29) is 12.1 Å². The number of rotatable bonds is 2. The SMILES string of the molecule is CCC1CCC(C)N1CC(F)(F)F. The largest absolute Gasteiger partial charge is 0.401 e. The highest BCUT2D eigenvalue weighted by molar-refractivity contribution is 4.85. The quantitative estimate of drug-likeness (QED) is 0.655. The van der Waals surface area contributed by atoms with Gasteiger partial charge in [-0.2, -0.15) is 13.2 Å². The maximum Gasteiger partial charge on any atom is 0.401 e. The predicted octanol–water partition coefficient (Wildman–Crippen LogP) is 2.81. The van der Waals surface area contributed by atoms with Gasteiger partial charge in [0, 0.05) is 12.1 Å². The molecule has 0 amide bonds. The molecule has 13 heavy (non-hydrogen) atoms. The van der Waals surface area contributed by atoms with Crippen molar-refractivity contribution in [3.05, 3.63) is 0 Å². The van der Waals surface area contributed by atoms with Gasteiger partial charge in [0.25, 0.3) is 0 Å². The first-order valence-corrected chi connectivity index (χ1v) is 4.76. The van der Waals surface area contributed by atoms with Gasteiger partial charge in [-0.3, -0.25) is 4.90 Å². The van der Waals surface area contributed by atoms with Gasteiger partial charge < -0.3 is 0 Å². The lowest BCUT2D eigenvalue weighted by Gasteiger charge is -2.28. The number of hydrogen-bond donors (Lipinski definition) is 0. The van der Waals surface area contributed by atoms with Crippen LogP contribution in [0.15, 0.2) is 0 Å². The molecule has 2 unspecified atom stereocenters. The Balaban J connectivity index is 2.54.